The van der Waals surface area contributed by atoms with Gasteiger partial charge in [-0.15, -0.1) is 6.42 Å². The van der Waals surface area contributed by atoms with Crippen LogP contribution in [-0.2, 0) is 28.4 Å². The average Bonchev–Trinajstić information content (AvgIpc) is 2.64. The highest BCUT2D eigenvalue weighted by Crippen LogP contribution is 2.21. The van der Waals surface area contributed by atoms with E-state index >= 15 is 0 Å². The molecule has 9 heteroatoms. The Morgan fingerprint density at radius 2 is 1.27 bits per heavy atom. The lowest BCUT2D eigenvalue weighted by Gasteiger charge is -2.38. The molecule has 0 spiro atoms. The van der Waals surface area contributed by atoms with E-state index in [9.17, 15) is 15.3 Å². The van der Waals surface area contributed by atoms with Crippen LogP contribution in [0.15, 0.2) is 0 Å². The molecular formula is C17H30O9. The molecule has 0 aromatic heterocycles. The zero-order valence-corrected chi connectivity index (χ0v) is 15.1. The maximum atomic E-state index is 9.78. The fourth-order valence-corrected chi connectivity index (χ4v) is 2.17. The second kappa shape index (κ2) is 14.3. The van der Waals surface area contributed by atoms with E-state index in [0.717, 1.165) is 0 Å². The Morgan fingerprint density at radius 1 is 0.769 bits per heavy atom. The van der Waals surface area contributed by atoms with Crippen molar-refractivity contribution in [2.45, 2.75) is 37.6 Å². The third kappa shape index (κ3) is 9.23. The van der Waals surface area contributed by atoms with Gasteiger partial charge in [0, 0.05) is 0 Å². The summed E-state index contributed by atoms with van der Waals surface area (Å²) in [5.74, 6) is 2.37. The highest BCUT2D eigenvalue weighted by molar-refractivity contribution is 4.87. The van der Waals surface area contributed by atoms with Crippen molar-refractivity contribution in [3.63, 3.8) is 0 Å². The second-order valence-corrected chi connectivity index (χ2v) is 5.65. The van der Waals surface area contributed by atoms with Crippen molar-refractivity contribution in [2.24, 2.45) is 0 Å². The third-order valence-corrected chi connectivity index (χ3v) is 3.62. The predicted molar refractivity (Wildman–Crippen MR) is 90.4 cm³/mol. The highest BCUT2D eigenvalue weighted by Gasteiger charge is 2.42. The number of ether oxygens (including phenoxy) is 6. The molecule has 1 rings (SSSR count). The van der Waals surface area contributed by atoms with Gasteiger partial charge in [-0.3, -0.25) is 0 Å². The third-order valence-electron chi connectivity index (χ3n) is 3.62. The van der Waals surface area contributed by atoms with Crippen LogP contribution < -0.4 is 0 Å². The van der Waals surface area contributed by atoms with E-state index in [1.165, 1.54) is 0 Å². The Kier molecular flexibility index (Phi) is 12.8. The molecule has 1 aliphatic heterocycles. The minimum atomic E-state index is -1.30. The molecule has 1 heterocycles. The van der Waals surface area contributed by atoms with Gasteiger partial charge in [0.25, 0.3) is 0 Å². The van der Waals surface area contributed by atoms with Crippen LogP contribution in [0.4, 0.5) is 0 Å². The van der Waals surface area contributed by atoms with Crippen molar-refractivity contribution in [1.29, 1.82) is 0 Å². The topological polar surface area (TPSA) is 116 Å². The lowest BCUT2D eigenvalue weighted by Crippen LogP contribution is -2.57. The first-order valence-electron chi connectivity index (χ1n) is 8.63. The molecule has 5 atom stereocenters. The van der Waals surface area contributed by atoms with E-state index in [2.05, 4.69) is 5.92 Å². The van der Waals surface area contributed by atoms with Crippen LogP contribution in [-0.4, -0.2) is 105 Å². The zero-order valence-electron chi connectivity index (χ0n) is 15.1. The van der Waals surface area contributed by atoms with E-state index in [1.807, 2.05) is 0 Å². The SMILES string of the molecule is C#CCOCCOCCOCCOCCO[C@@H]1OC(C)[C@@H](O)C(O)[C@H]1O. The largest absolute Gasteiger partial charge is 0.388 e. The molecule has 0 aromatic carbocycles. The van der Waals surface area contributed by atoms with Crippen molar-refractivity contribution in [2.75, 3.05) is 59.5 Å². The molecule has 1 aliphatic rings. The number of aliphatic hydroxyl groups is 3. The fourth-order valence-electron chi connectivity index (χ4n) is 2.17. The summed E-state index contributed by atoms with van der Waals surface area (Å²) in [6.07, 6.45) is -0.333. The summed E-state index contributed by atoms with van der Waals surface area (Å²) in [5.41, 5.74) is 0. The van der Waals surface area contributed by atoms with Crippen molar-refractivity contribution >= 4 is 0 Å². The molecule has 9 nitrogen and oxygen atoms in total. The highest BCUT2D eigenvalue weighted by atomic mass is 16.7. The van der Waals surface area contributed by atoms with Crippen LogP contribution in [0.2, 0.25) is 0 Å². The van der Waals surface area contributed by atoms with Gasteiger partial charge in [0.15, 0.2) is 6.29 Å². The average molecular weight is 378 g/mol. The summed E-state index contributed by atoms with van der Waals surface area (Å²) in [7, 11) is 0. The number of hydrogen-bond donors (Lipinski definition) is 3. The summed E-state index contributed by atoms with van der Waals surface area (Å²) >= 11 is 0. The van der Waals surface area contributed by atoms with Gasteiger partial charge in [0.05, 0.1) is 59.0 Å². The van der Waals surface area contributed by atoms with Gasteiger partial charge in [0.1, 0.15) is 24.9 Å². The first-order valence-corrected chi connectivity index (χ1v) is 8.63. The van der Waals surface area contributed by atoms with Gasteiger partial charge in [-0.25, -0.2) is 0 Å². The van der Waals surface area contributed by atoms with Gasteiger partial charge in [-0.05, 0) is 6.92 Å². The van der Waals surface area contributed by atoms with Crippen LogP contribution in [0, 0.1) is 12.3 Å². The fraction of sp³-hybridized carbons (Fsp3) is 0.882. The van der Waals surface area contributed by atoms with E-state index < -0.39 is 30.7 Å². The summed E-state index contributed by atoms with van der Waals surface area (Å²) in [6.45, 7) is 5.00. The summed E-state index contributed by atoms with van der Waals surface area (Å²) < 4.78 is 31.6. The van der Waals surface area contributed by atoms with E-state index in [0.29, 0.717) is 39.6 Å². The Balaban J connectivity index is 1.88. The lowest BCUT2D eigenvalue weighted by atomic mass is 10.0. The molecule has 0 bridgehead atoms. The Hall–Kier alpha value is -0.800. The number of hydrogen-bond acceptors (Lipinski definition) is 9. The number of terminal acetylenes is 1. The van der Waals surface area contributed by atoms with Crippen LogP contribution in [0.25, 0.3) is 0 Å². The van der Waals surface area contributed by atoms with Crippen LogP contribution in [0.1, 0.15) is 6.92 Å². The smallest absolute Gasteiger partial charge is 0.186 e. The molecule has 0 aliphatic carbocycles. The summed E-state index contributed by atoms with van der Waals surface area (Å²) in [6, 6.07) is 0. The molecule has 0 saturated carbocycles. The standard InChI is InChI=1S/C17H30O9/c1-3-4-21-5-6-22-7-8-23-9-10-24-11-12-25-17-16(20)15(19)14(18)13(2)26-17/h1,13-20H,4-12H2,2H3/t13?,14-,15?,16-,17-/m1/s1. The quantitative estimate of drug-likeness (QED) is 0.246. The monoisotopic (exact) mass is 378 g/mol. The molecule has 26 heavy (non-hydrogen) atoms. The van der Waals surface area contributed by atoms with Gasteiger partial charge in [-0.1, -0.05) is 5.92 Å². The minimum absolute atomic E-state index is 0.179. The zero-order chi connectivity index (χ0) is 19.2. The first-order chi connectivity index (χ1) is 12.6. The Morgan fingerprint density at radius 3 is 1.81 bits per heavy atom. The van der Waals surface area contributed by atoms with Crippen molar-refractivity contribution in [1.82, 2.24) is 0 Å². The van der Waals surface area contributed by atoms with Gasteiger partial charge < -0.3 is 43.7 Å². The Labute approximate surface area is 154 Å². The van der Waals surface area contributed by atoms with Crippen LogP contribution in [0.3, 0.4) is 0 Å². The van der Waals surface area contributed by atoms with E-state index in [4.69, 9.17) is 34.8 Å². The molecule has 0 amide bonds. The molecular weight excluding hydrogens is 348 g/mol. The molecule has 0 aromatic rings. The van der Waals surface area contributed by atoms with Crippen LogP contribution >= 0.6 is 0 Å². The molecule has 1 saturated heterocycles. The maximum Gasteiger partial charge on any atom is 0.186 e. The normalized spacial score (nSPS) is 28.8. The van der Waals surface area contributed by atoms with Gasteiger partial charge in [0.2, 0.25) is 0 Å². The second-order valence-electron chi connectivity index (χ2n) is 5.65. The molecule has 1 fully saturated rings. The molecule has 3 N–H and O–H groups in total. The predicted octanol–water partition coefficient (Wildman–Crippen LogP) is -1.47. The van der Waals surface area contributed by atoms with Crippen molar-refractivity contribution in [3.05, 3.63) is 0 Å². The van der Waals surface area contributed by atoms with E-state index in [1.54, 1.807) is 6.92 Å². The number of rotatable bonds is 14. The molecule has 2 unspecified atom stereocenters. The first kappa shape index (κ1) is 23.2. The Bertz CT molecular complexity index is 387. The van der Waals surface area contributed by atoms with Crippen molar-refractivity contribution in [3.8, 4) is 12.3 Å². The van der Waals surface area contributed by atoms with Crippen LogP contribution in [0.5, 0.6) is 0 Å². The van der Waals surface area contributed by atoms with Crippen molar-refractivity contribution < 1.29 is 43.7 Å². The van der Waals surface area contributed by atoms with E-state index in [-0.39, 0.29) is 19.8 Å². The maximum absolute atomic E-state index is 9.78. The molecule has 152 valence electrons. The summed E-state index contributed by atoms with van der Waals surface area (Å²) in [5, 5.41) is 29.0. The lowest BCUT2D eigenvalue weighted by molar-refractivity contribution is -0.294. The minimum Gasteiger partial charge on any atom is -0.388 e. The molecule has 0 radical (unpaired) electrons. The van der Waals surface area contributed by atoms with Gasteiger partial charge >= 0.3 is 0 Å². The summed E-state index contributed by atoms with van der Waals surface area (Å²) in [4.78, 5) is 0. The number of aliphatic hydroxyl groups excluding tert-OH is 3. The van der Waals surface area contributed by atoms with Gasteiger partial charge in [-0.2, -0.15) is 0 Å².